The van der Waals surface area contributed by atoms with Crippen molar-refractivity contribution in [3.05, 3.63) is 43.0 Å². The molecule has 0 aliphatic rings. The summed E-state index contributed by atoms with van der Waals surface area (Å²) < 4.78 is 6.12. The minimum Gasteiger partial charge on any atom is -0.478 e. The summed E-state index contributed by atoms with van der Waals surface area (Å²) >= 11 is 0. The van der Waals surface area contributed by atoms with Crippen molar-refractivity contribution in [3.63, 3.8) is 0 Å². The monoisotopic (exact) mass is 276 g/mol. The number of para-hydroxylation sites is 1. The normalized spacial score (nSPS) is 11.6. The van der Waals surface area contributed by atoms with E-state index in [4.69, 9.17) is 9.84 Å². The molecule has 0 bridgehead atoms. The van der Waals surface area contributed by atoms with Crippen LogP contribution in [0.5, 0.6) is 0 Å². The van der Waals surface area contributed by atoms with E-state index in [2.05, 4.69) is 15.4 Å². The summed E-state index contributed by atoms with van der Waals surface area (Å²) in [4.78, 5) is 26.3. The number of rotatable bonds is 5. The van der Waals surface area contributed by atoms with E-state index < -0.39 is 18.2 Å². The molecule has 104 valence electrons. The summed E-state index contributed by atoms with van der Waals surface area (Å²) in [5.74, 6) is -1.26. The molecule has 8 heteroatoms. The van der Waals surface area contributed by atoms with Crippen LogP contribution in [0, 0.1) is 0 Å². The number of nitrogens with zero attached hydrogens (tertiary/aromatic N) is 3. The molecule has 0 aliphatic carbocycles. The Kier molecular flexibility index (Phi) is 4.28. The summed E-state index contributed by atoms with van der Waals surface area (Å²) in [7, 11) is 0. The Morgan fingerprint density at radius 3 is 2.70 bits per heavy atom. The standard InChI is InChI=1S/C12H12N4O4/c17-11(18)10(6-16-8-13-7-14-16)20-12(19)15-9-4-2-1-3-5-9/h1-5,7-8,10H,6H2,(H,15,19)(H,17,18). The van der Waals surface area contributed by atoms with Crippen molar-refractivity contribution >= 4 is 17.7 Å². The zero-order chi connectivity index (χ0) is 14.4. The molecule has 0 fully saturated rings. The number of carboxylic acids is 1. The molecule has 1 unspecified atom stereocenters. The molecule has 1 aromatic carbocycles. The van der Waals surface area contributed by atoms with E-state index >= 15 is 0 Å². The third-order valence-corrected chi connectivity index (χ3v) is 2.36. The molecule has 0 aliphatic heterocycles. The van der Waals surface area contributed by atoms with Gasteiger partial charge in [-0.3, -0.25) is 5.32 Å². The number of carbonyl (C=O) groups excluding carboxylic acids is 1. The van der Waals surface area contributed by atoms with Crippen LogP contribution in [-0.2, 0) is 16.1 Å². The average Bonchev–Trinajstić information content (AvgIpc) is 2.92. The minimum absolute atomic E-state index is 0.114. The largest absolute Gasteiger partial charge is 0.478 e. The van der Waals surface area contributed by atoms with Crippen LogP contribution in [0.15, 0.2) is 43.0 Å². The molecule has 0 saturated carbocycles. The average molecular weight is 276 g/mol. The molecule has 0 spiro atoms. The Labute approximate surface area is 114 Å². The third-order valence-electron chi connectivity index (χ3n) is 2.36. The second-order valence-electron chi connectivity index (χ2n) is 3.84. The Hall–Kier alpha value is -2.90. The smallest absolute Gasteiger partial charge is 0.412 e. The van der Waals surface area contributed by atoms with Crippen LogP contribution < -0.4 is 5.32 Å². The number of aromatic nitrogens is 3. The molecule has 0 saturated heterocycles. The molecule has 20 heavy (non-hydrogen) atoms. The van der Waals surface area contributed by atoms with Crippen molar-refractivity contribution in [2.45, 2.75) is 12.6 Å². The van der Waals surface area contributed by atoms with Crippen molar-refractivity contribution in [2.24, 2.45) is 0 Å². The molecular formula is C12H12N4O4. The van der Waals surface area contributed by atoms with Crippen LogP contribution in [0.1, 0.15) is 0 Å². The van der Waals surface area contributed by atoms with Crippen molar-refractivity contribution in [1.29, 1.82) is 0 Å². The van der Waals surface area contributed by atoms with Gasteiger partial charge in [0.05, 0.1) is 6.54 Å². The lowest BCUT2D eigenvalue weighted by Gasteiger charge is -2.14. The topological polar surface area (TPSA) is 106 Å². The zero-order valence-corrected chi connectivity index (χ0v) is 10.3. The van der Waals surface area contributed by atoms with E-state index in [0.29, 0.717) is 5.69 Å². The fourth-order valence-corrected chi connectivity index (χ4v) is 1.46. The molecule has 1 heterocycles. The van der Waals surface area contributed by atoms with Gasteiger partial charge in [0, 0.05) is 5.69 Å². The van der Waals surface area contributed by atoms with E-state index in [1.54, 1.807) is 30.3 Å². The molecule has 2 aromatic rings. The Morgan fingerprint density at radius 1 is 1.35 bits per heavy atom. The maximum Gasteiger partial charge on any atom is 0.412 e. The van der Waals surface area contributed by atoms with Crippen LogP contribution in [0.25, 0.3) is 0 Å². The van der Waals surface area contributed by atoms with Gasteiger partial charge >= 0.3 is 12.1 Å². The fraction of sp³-hybridized carbons (Fsp3) is 0.167. The van der Waals surface area contributed by atoms with Gasteiger partial charge in [0.2, 0.25) is 6.10 Å². The van der Waals surface area contributed by atoms with Gasteiger partial charge in [-0.2, -0.15) is 5.10 Å². The highest BCUT2D eigenvalue weighted by Crippen LogP contribution is 2.07. The zero-order valence-electron chi connectivity index (χ0n) is 10.3. The van der Waals surface area contributed by atoms with Crippen molar-refractivity contribution in [2.75, 3.05) is 5.32 Å². The predicted octanol–water partition coefficient (Wildman–Crippen LogP) is 0.980. The number of anilines is 1. The van der Waals surface area contributed by atoms with Gasteiger partial charge in [-0.1, -0.05) is 18.2 Å². The van der Waals surface area contributed by atoms with Crippen molar-refractivity contribution < 1.29 is 19.4 Å². The van der Waals surface area contributed by atoms with Gasteiger partial charge in [-0.15, -0.1) is 0 Å². The molecule has 0 radical (unpaired) electrons. The number of amides is 1. The Balaban J connectivity index is 1.94. The lowest BCUT2D eigenvalue weighted by molar-refractivity contribution is -0.147. The minimum atomic E-state index is -1.35. The van der Waals surface area contributed by atoms with E-state index in [1.165, 1.54) is 17.3 Å². The van der Waals surface area contributed by atoms with Crippen LogP contribution >= 0.6 is 0 Å². The third kappa shape index (κ3) is 3.80. The first-order valence-corrected chi connectivity index (χ1v) is 5.73. The SMILES string of the molecule is O=C(Nc1ccccc1)OC(Cn1cncn1)C(=O)O. The molecule has 1 atom stereocenters. The van der Waals surface area contributed by atoms with E-state index in [-0.39, 0.29) is 6.54 Å². The summed E-state index contributed by atoms with van der Waals surface area (Å²) in [5, 5.41) is 15.2. The van der Waals surface area contributed by atoms with Gasteiger partial charge in [-0.05, 0) is 12.1 Å². The quantitative estimate of drug-likeness (QED) is 0.843. The summed E-state index contributed by atoms with van der Waals surface area (Å²) in [5.41, 5.74) is 0.516. The number of carboxylic acid groups (broad SMARTS) is 1. The number of nitrogens with one attached hydrogen (secondary N) is 1. The van der Waals surface area contributed by atoms with Crippen LogP contribution in [-0.4, -0.2) is 38.0 Å². The predicted molar refractivity (Wildman–Crippen MR) is 68.0 cm³/mol. The maximum absolute atomic E-state index is 11.6. The second kappa shape index (κ2) is 6.32. The van der Waals surface area contributed by atoms with E-state index in [1.807, 2.05) is 0 Å². The lowest BCUT2D eigenvalue weighted by atomic mass is 10.3. The van der Waals surface area contributed by atoms with Gasteiger partial charge in [-0.25, -0.2) is 19.3 Å². The maximum atomic E-state index is 11.6. The molecule has 1 aromatic heterocycles. The van der Waals surface area contributed by atoms with E-state index in [0.717, 1.165) is 0 Å². The summed E-state index contributed by atoms with van der Waals surface area (Å²) in [6.07, 6.45) is 0.418. The highest BCUT2D eigenvalue weighted by Gasteiger charge is 2.23. The molecular weight excluding hydrogens is 264 g/mol. The van der Waals surface area contributed by atoms with Crippen LogP contribution in [0.3, 0.4) is 0 Å². The number of aliphatic carboxylic acids is 1. The number of carbonyl (C=O) groups is 2. The number of hydrogen-bond acceptors (Lipinski definition) is 5. The molecule has 2 N–H and O–H groups in total. The van der Waals surface area contributed by atoms with Gasteiger partial charge < -0.3 is 9.84 Å². The molecule has 2 rings (SSSR count). The van der Waals surface area contributed by atoms with Gasteiger partial charge in [0.1, 0.15) is 12.7 Å². The van der Waals surface area contributed by atoms with Crippen LogP contribution in [0.2, 0.25) is 0 Å². The highest BCUT2D eigenvalue weighted by atomic mass is 16.6. The Bertz CT molecular complexity index is 570. The lowest BCUT2D eigenvalue weighted by Crippen LogP contribution is -2.33. The number of hydrogen-bond donors (Lipinski definition) is 2. The first kappa shape index (κ1) is 13.5. The van der Waals surface area contributed by atoms with Crippen LogP contribution in [0.4, 0.5) is 10.5 Å². The first-order chi connectivity index (χ1) is 9.65. The van der Waals surface area contributed by atoms with E-state index in [9.17, 15) is 9.59 Å². The summed E-state index contributed by atoms with van der Waals surface area (Å²) in [6, 6.07) is 8.59. The summed E-state index contributed by atoms with van der Waals surface area (Å²) in [6.45, 7) is -0.114. The first-order valence-electron chi connectivity index (χ1n) is 5.73. The van der Waals surface area contributed by atoms with Crippen molar-refractivity contribution in [3.8, 4) is 0 Å². The molecule has 8 nitrogen and oxygen atoms in total. The number of ether oxygens (including phenoxy) is 1. The fourth-order valence-electron chi connectivity index (χ4n) is 1.46. The second-order valence-corrected chi connectivity index (χ2v) is 3.84. The highest BCUT2D eigenvalue weighted by molar-refractivity contribution is 5.86. The van der Waals surface area contributed by atoms with Gasteiger partial charge in [0.15, 0.2) is 0 Å². The Morgan fingerprint density at radius 2 is 2.10 bits per heavy atom. The van der Waals surface area contributed by atoms with Crippen molar-refractivity contribution in [1.82, 2.24) is 14.8 Å². The molecule has 1 amide bonds. The van der Waals surface area contributed by atoms with Gasteiger partial charge in [0.25, 0.3) is 0 Å². The number of benzene rings is 1.